The van der Waals surface area contributed by atoms with Gasteiger partial charge in [-0.25, -0.2) is 0 Å². The van der Waals surface area contributed by atoms with Crippen molar-refractivity contribution in [2.75, 3.05) is 6.61 Å². The van der Waals surface area contributed by atoms with Crippen LogP contribution in [-0.4, -0.2) is 38.6 Å². The first kappa shape index (κ1) is 17.7. The van der Waals surface area contributed by atoms with E-state index in [-0.39, 0.29) is 6.61 Å². The maximum atomic E-state index is 10.6. The highest BCUT2D eigenvalue weighted by Gasteiger charge is 2.29. The molecule has 4 heteroatoms. The van der Waals surface area contributed by atoms with Crippen LogP contribution in [0.15, 0.2) is 11.3 Å². The molecule has 0 spiro atoms. The summed E-state index contributed by atoms with van der Waals surface area (Å²) in [5.41, 5.74) is 4.80. The van der Waals surface area contributed by atoms with Crippen LogP contribution in [0.25, 0.3) is 0 Å². The van der Waals surface area contributed by atoms with E-state index in [0.717, 1.165) is 0 Å². The van der Waals surface area contributed by atoms with Crippen molar-refractivity contribution in [1.82, 2.24) is 0 Å². The number of hydrogen-bond donors (Lipinski definition) is 2. The standard InChI is InChI=1S/C14H28O2Si2/c1-8-14(16,9-10-17(2,3)4)13(11-15)12-18(5,6)7/h12,15-16H,8,11H2,1-7H3/b13-12+/t14-/m0/s1. The lowest BCUT2D eigenvalue weighted by Crippen LogP contribution is -2.34. The first-order valence-electron chi connectivity index (χ1n) is 6.53. The van der Waals surface area contributed by atoms with Crippen molar-refractivity contribution in [3.8, 4) is 11.5 Å². The smallest absolute Gasteiger partial charge is 0.147 e. The maximum absolute atomic E-state index is 10.6. The summed E-state index contributed by atoms with van der Waals surface area (Å²) < 4.78 is 0. The van der Waals surface area contributed by atoms with Gasteiger partial charge >= 0.3 is 0 Å². The summed E-state index contributed by atoms with van der Waals surface area (Å²) in [6, 6.07) is 0. The van der Waals surface area contributed by atoms with Crippen LogP contribution in [0.5, 0.6) is 0 Å². The van der Waals surface area contributed by atoms with Crippen LogP contribution in [0.3, 0.4) is 0 Å². The predicted molar refractivity (Wildman–Crippen MR) is 84.9 cm³/mol. The van der Waals surface area contributed by atoms with E-state index in [2.05, 4.69) is 56.4 Å². The van der Waals surface area contributed by atoms with Gasteiger partial charge in [-0.15, -0.1) is 5.54 Å². The van der Waals surface area contributed by atoms with Gasteiger partial charge in [-0.1, -0.05) is 57.8 Å². The third kappa shape index (κ3) is 6.55. The van der Waals surface area contributed by atoms with Crippen molar-refractivity contribution in [3.05, 3.63) is 11.3 Å². The SMILES string of the molecule is CC[C@](O)(C#C[Si](C)(C)C)/C(=C/[Si](C)(C)C)CO. The quantitative estimate of drug-likeness (QED) is 0.615. The zero-order valence-corrected chi connectivity index (χ0v) is 14.9. The van der Waals surface area contributed by atoms with Gasteiger partial charge in [-0.05, 0) is 12.0 Å². The lowest BCUT2D eigenvalue weighted by atomic mass is 9.93. The van der Waals surface area contributed by atoms with Gasteiger partial charge in [0, 0.05) is 0 Å². The Balaban J connectivity index is 5.49. The topological polar surface area (TPSA) is 40.5 Å². The fourth-order valence-electron chi connectivity index (χ4n) is 1.51. The molecule has 18 heavy (non-hydrogen) atoms. The molecule has 0 radical (unpaired) electrons. The fourth-order valence-corrected chi connectivity index (χ4v) is 3.46. The Bertz CT molecular complexity index is 364. The largest absolute Gasteiger partial charge is 0.392 e. The first-order chi connectivity index (χ1) is 7.93. The van der Waals surface area contributed by atoms with Crippen molar-refractivity contribution < 1.29 is 10.2 Å². The van der Waals surface area contributed by atoms with Gasteiger partial charge in [0.1, 0.15) is 13.7 Å². The molecular formula is C14H28O2Si2. The Kier molecular flexibility index (Phi) is 6.08. The highest BCUT2D eigenvalue weighted by molar-refractivity contribution is 6.84. The second-order valence-electron chi connectivity index (χ2n) is 6.91. The van der Waals surface area contributed by atoms with Gasteiger partial charge in [0.15, 0.2) is 0 Å². The molecule has 0 aromatic carbocycles. The van der Waals surface area contributed by atoms with Crippen molar-refractivity contribution in [3.63, 3.8) is 0 Å². The molecule has 0 saturated heterocycles. The van der Waals surface area contributed by atoms with Gasteiger partial charge in [0.05, 0.1) is 14.7 Å². The first-order valence-corrected chi connectivity index (χ1v) is 13.6. The van der Waals surface area contributed by atoms with E-state index in [4.69, 9.17) is 0 Å². The Morgan fingerprint density at radius 1 is 1.17 bits per heavy atom. The van der Waals surface area contributed by atoms with Gasteiger partial charge in [0.2, 0.25) is 0 Å². The Labute approximate surface area is 114 Å². The van der Waals surface area contributed by atoms with Crippen LogP contribution in [0.2, 0.25) is 39.3 Å². The average molecular weight is 285 g/mol. The molecule has 0 bridgehead atoms. The lowest BCUT2D eigenvalue weighted by molar-refractivity contribution is 0.119. The summed E-state index contributed by atoms with van der Waals surface area (Å²) in [7, 11) is -3.00. The van der Waals surface area contributed by atoms with Crippen LogP contribution in [0.1, 0.15) is 13.3 Å². The van der Waals surface area contributed by atoms with E-state index >= 15 is 0 Å². The minimum Gasteiger partial charge on any atom is -0.392 e. The summed E-state index contributed by atoms with van der Waals surface area (Å²) in [6.45, 7) is 14.8. The molecule has 0 fully saturated rings. The Hall–Kier alpha value is -0.346. The minimum atomic E-state index is -1.52. The second-order valence-corrected chi connectivity index (χ2v) is 16.7. The van der Waals surface area contributed by atoms with Crippen molar-refractivity contribution in [1.29, 1.82) is 0 Å². The third-order valence-electron chi connectivity index (χ3n) is 2.46. The summed E-state index contributed by atoms with van der Waals surface area (Å²) in [5, 5.41) is 20.2. The minimum absolute atomic E-state index is 0.116. The van der Waals surface area contributed by atoms with Crippen LogP contribution >= 0.6 is 0 Å². The van der Waals surface area contributed by atoms with E-state index < -0.39 is 21.7 Å². The van der Waals surface area contributed by atoms with E-state index in [1.165, 1.54) is 0 Å². The molecular weight excluding hydrogens is 256 g/mol. The molecule has 0 aliphatic carbocycles. The molecule has 0 amide bonds. The van der Waals surface area contributed by atoms with Gasteiger partial charge in [0.25, 0.3) is 0 Å². The summed E-state index contributed by atoms with van der Waals surface area (Å²) in [4.78, 5) is 0. The number of aliphatic hydroxyl groups is 2. The van der Waals surface area contributed by atoms with Crippen LogP contribution in [0.4, 0.5) is 0 Å². The van der Waals surface area contributed by atoms with Gasteiger partial charge in [-0.2, -0.15) is 0 Å². The summed E-state index contributed by atoms with van der Waals surface area (Å²) in [5.74, 6) is 3.02. The number of aliphatic hydroxyl groups excluding tert-OH is 1. The molecule has 0 aromatic heterocycles. The second kappa shape index (κ2) is 6.20. The van der Waals surface area contributed by atoms with E-state index in [1.807, 2.05) is 6.92 Å². The molecule has 0 heterocycles. The Morgan fingerprint density at radius 3 is 1.94 bits per heavy atom. The van der Waals surface area contributed by atoms with Crippen LogP contribution in [0, 0.1) is 11.5 Å². The van der Waals surface area contributed by atoms with Crippen molar-refractivity contribution >= 4 is 16.1 Å². The van der Waals surface area contributed by atoms with Crippen molar-refractivity contribution in [2.24, 2.45) is 0 Å². The molecule has 2 nitrogen and oxygen atoms in total. The molecule has 104 valence electrons. The zero-order valence-electron chi connectivity index (χ0n) is 12.9. The van der Waals surface area contributed by atoms with E-state index in [0.29, 0.717) is 12.0 Å². The zero-order chi connectivity index (χ0) is 14.6. The number of hydrogen-bond acceptors (Lipinski definition) is 2. The molecule has 0 aliphatic rings. The van der Waals surface area contributed by atoms with Gasteiger partial charge < -0.3 is 10.2 Å². The lowest BCUT2D eigenvalue weighted by Gasteiger charge is -2.26. The van der Waals surface area contributed by atoms with Crippen LogP contribution < -0.4 is 0 Å². The van der Waals surface area contributed by atoms with E-state index in [9.17, 15) is 10.2 Å². The van der Waals surface area contributed by atoms with Crippen LogP contribution in [-0.2, 0) is 0 Å². The normalized spacial score (nSPS) is 16.8. The molecule has 0 aromatic rings. The molecule has 0 aliphatic heterocycles. The molecule has 0 saturated carbocycles. The maximum Gasteiger partial charge on any atom is 0.147 e. The fraction of sp³-hybridized carbons (Fsp3) is 0.714. The molecule has 1 atom stereocenters. The Morgan fingerprint density at radius 2 is 1.67 bits per heavy atom. The predicted octanol–water partition coefficient (Wildman–Crippen LogP) is 2.80. The highest BCUT2D eigenvalue weighted by Crippen LogP contribution is 2.23. The monoisotopic (exact) mass is 284 g/mol. The summed E-state index contributed by atoms with van der Waals surface area (Å²) in [6.07, 6.45) is 0.515. The highest BCUT2D eigenvalue weighted by atomic mass is 28.3. The number of rotatable bonds is 4. The molecule has 2 N–H and O–H groups in total. The average Bonchev–Trinajstić information content (AvgIpc) is 2.20. The molecule has 0 rings (SSSR count). The van der Waals surface area contributed by atoms with Crippen molar-refractivity contribution in [2.45, 2.75) is 58.2 Å². The van der Waals surface area contributed by atoms with E-state index in [1.54, 1.807) is 0 Å². The van der Waals surface area contributed by atoms with Gasteiger partial charge in [-0.3, -0.25) is 0 Å². The summed E-state index contributed by atoms with van der Waals surface area (Å²) >= 11 is 0. The third-order valence-corrected chi connectivity index (χ3v) is 4.55. The molecule has 0 unspecified atom stereocenters.